The number of aryl methyl sites for hydroxylation is 1. The zero-order valence-corrected chi connectivity index (χ0v) is 16.4. The van der Waals surface area contributed by atoms with Crippen LogP contribution in [0.25, 0.3) is 11.4 Å². The summed E-state index contributed by atoms with van der Waals surface area (Å²) in [6.07, 6.45) is 0. The quantitative estimate of drug-likeness (QED) is 0.695. The van der Waals surface area contributed by atoms with E-state index < -0.39 is 0 Å². The number of benzene rings is 2. The van der Waals surface area contributed by atoms with E-state index in [1.54, 1.807) is 0 Å². The summed E-state index contributed by atoms with van der Waals surface area (Å²) in [6.45, 7) is 6.37. The molecule has 0 aliphatic carbocycles. The highest BCUT2D eigenvalue weighted by Gasteiger charge is 2.14. The molecule has 1 aliphatic heterocycles. The minimum Gasteiger partial charge on any atom is -0.379 e. The normalized spacial score (nSPS) is 14.7. The average molecular weight is 392 g/mol. The summed E-state index contributed by atoms with van der Waals surface area (Å²) in [5.41, 5.74) is 3.78. The van der Waals surface area contributed by atoms with Gasteiger partial charge in [-0.1, -0.05) is 47.1 Å². The van der Waals surface area contributed by atoms with E-state index >= 15 is 0 Å². The number of rotatable bonds is 6. The largest absolute Gasteiger partial charge is 0.379 e. The number of ether oxygens (including phenoxy) is 1. The smallest absolute Gasteiger partial charge is 0.251 e. The highest BCUT2D eigenvalue weighted by molar-refractivity contribution is 5.94. The maximum absolute atomic E-state index is 12.5. The second-order valence-electron chi connectivity index (χ2n) is 7.15. The molecule has 0 atom stereocenters. The van der Waals surface area contributed by atoms with Crippen molar-refractivity contribution in [2.24, 2.45) is 0 Å². The number of morpholine rings is 1. The van der Waals surface area contributed by atoms with Gasteiger partial charge in [0.15, 0.2) is 0 Å². The van der Waals surface area contributed by atoms with Gasteiger partial charge in [-0.25, -0.2) is 0 Å². The first-order valence-corrected chi connectivity index (χ1v) is 9.74. The summed E-state index contributed by atoms with van der Waals surface area (Å²) in [7, 11) is 0. The lowest BCUT2D eigenvalue weighted by Crippen LogP contribution is -2.35. The highest BCUT2D eigenvalue weighted by atomic mass is 16.5. The Morgan fingerprint density at radius 2 is 1.93 bits per heavy atom. The van der Waals surface area contributed by atoms with Gasteiger partial charge >= 0.3 is 0 Å². The zero-order chi connectivity index (χ0) is 20.1. The molecular weight excluding hydrogens is 368 g/mol. The van der Waals surface area contributed by atoms with Crippen LogP contribution in [-0.4, -0.2) is 47.3 Å². The monoisotopic (exact) mass is 392 g/mol. The predicted octanol–water partition coefficient (Wildman–Crippen LogP) is 2.81. The third-order valence-corrected chi connectivity index (χ3v) is 4.88. The third-order valence-electron chi connectivity index (χ3n) is 4.88. The van der Waals surface area contributed by atoms with Crippen molar-refractivity contribution in [1.29, 1.82) is 0 Å². The average Bonchev–Trinajstić information content (AvgIpc) is 3.22. The minimum absolute atomic E-state index is 0.163. The molecule has 1 N–H and O–H groups in total. The van der Waals surface area contributed by atoms with Crippen molar-refractivity contribution in [2.45, 2.75) is 20.0 Å². The molecule has 3 aromatic rings. The molecule has 2 aromatic carbocycles. The number of hydrogen-bond donors (Lipinski definition) is 1. The lowest BCUT2D eigenvalue weighted by Gasteiger charge is -2.26. The van der Waals surface area contributed by atoms with Gasteiger partial charge in [0.25, 0.3) is 5.91 Å². The first kappa shape index (κ1) is 19.3. The Kier molecular flexibility index (Phi) is 5.97. The van der Waals surface area contributed by atoms with E-state index in [1.807, 2.05) is 55.5 Å². The molecule has 7 heteroatoms. The number of hydrogen-bond acceptors (Lipinski definition) is 6. The fourth-order valence-corrected chi connectivity index (χ4v) is 3.23. The highest BCUT2D eigenvalue weighted by Crippen LogP contribution is 2.16. The Balaban J connectivity index is 1.35. The summed E-state index contributed by atoms with van der Waals surface area (Å²) in [4.78, 5) is 19.2. The van der Waals surface area contributed by atoms with Crippen molar-refractivity contribution in [1.82, 2.24) is 20.4 Å². The SMILES string of the molecule is Cc1ccc(-c2noc(CNC(=O)c3cccc(CN4CCOCC4)c3)n2)cc1. The van der Waals surface area contributed by atoms with E-state index in [4.69, 9.17) is 9.26 Å². The van der Waals surface area contributed by atoms with Gasteiger partial charge in [-0.2, -0.15) is 4.98 Å². The van der Waals surface area contributed by atoms with Gasteiger partial charge in [0.1, 0.15) is 0 Å². The molecule has 0 bridgehead atoms. The summed E-state index contributed by atoms with van der Waals surface area (Å²) >= 11 is 0. The van der Waals surface area contributed by atoms with E-state index in [1.165, 1.54) is 5.56 Å². The van der Waals surface area contributed by atoms with Crippen LogP contribution in [0.2, 0.25) is 0 Å². The number of nitrogens with one attached hydrogen (secondary N) is 1. The second-order valence-corrected chi connectivity index (χ2v) is 7.15. The fourth-order valence-electron chi connectivity index (χ4n) is 3.23. The summed E-state index contributed by atoms with van der Waals surface area (Å²) < 4.78 is 10.6. The van der Waals surface area contributed by atoms with Gasteiger partial charge in [-0.3, -0.25) is 9.69 Å². The van der Waals surface area contributed by atoms with Crippen LogP contribution in [-0.2, 0) is 17.8 Å². The Bertz CT molecular complexity index is 962. The van der Waals surface area contributed by atoms with Gasteiger partial charge < -0.3 is 14.6 Å². The van der Waals surface area contributed by atoms with Crippen molar-refractivity contribution < 1.29 is 14.1 Å². The van der Waals surface area contributed by atoms with E-state index in [2.05, 4.69) is 20.4 Å². The zero-order valence-electron chi connectivity index (χ0n) is 16.4. The molecule has 1 aliphatic rings. The lowest BCUT2D eigenvalue weighted by atomic mass is 10.1. The minimum atomic E-state index is -0.163. The molecule has 0 radical (unpaired) electrons. The topological polar surface area (TPSA) is 80.5 Å². The maximum Gasteiger partial charge on any atom is 0.251 e. The van der Waals surface area contributed by atoms with Gasteiger partial charge in [0.2, 0.25) is 11.7 Å². The van der Waals surface area contributed by atoms with E-state index in [-0.39, 0.29) is 12.5 Å². The first-order chi connectivity index (χ1) is 14.2. The maximum atomic E-state index is 12.5. The van der Waals surface area contributed by atoms with Gasteiger partial charge in [0, 0.05) is 30.8 Å². The number of amides is 1. The van der Waals surface area contributed by atoms with Crippen LogP contribution in [0.5, 0.6) is 0 Å². The van der Waals surface area contributed by atoms with Crippen LogP contribution in [0.1, 0.15) is 27.4 Å². The van der Waals surface area contributed by atoms with Crippen molar-refractivity contribution >= 4 is 5.91 Å². The standard InChI is InChI=1S/C22H24N4O3/c1-16-5-7-18(8-6-16)21-24-20(29-25-21)14-23-22(27)19-4-2-3-17(13-19)15-26-9-11-28-12-10-26/h2-8,13H,9-12,14-15H2,1H3,(H,23,27). The Morgan fingerprint density at radius 1 is 1.14 bits per heavy atom. The summed E-state index contributed by atoms with van der Waals surface area (Å²) in [5, 5.41) is 6.84. The van der Waals surface area contributed by atoms with Gasteiger partial charge in [-0.05, 0) is 24.6 Å². The van der Waals surface area contributed by atoms with Crippen LogP contribution >= 0.6 is 0 Å². The summed E-state index contributed by atoms with van der Waals surface area (Å²) in [5.74, 6) is 0.726. The third kappa shape index (κ3) is 5.07. The van der Waals surface area contributed by atoms with E-state index in [0.29, 0.717) is 17.3 Å². The molecule has 150 valence electrons. The predicted molar refractivity (Wildman–Crippen MR) is 108 cm³/mol. The summed E-state index contributed by atoms with van der Waals surface area (Å²) in [6, 6.07) is 15.6. The van der Waals surface area contributed by atoms with Crippen LogP contribution in [0, 0.1) is 6.92 Å². The first-order valence-electron chi connectivity index (χ1n) is 9.74. The van der Waals surface area contributed by atoms with Gasteiger partial charge in [0.05, 0.1) is 19.8 Å². The molecule has 1 saturated heterocycles. The number of aromatic nitrogens is 2. The molecule has 2 heterocycles. The van der Waals surface area contributed by atoms with Crippen molar-refractivity contribution in [3.8, 4) is 11.4 Å². The number of carbonyl (C=O) groups excluding carboxylic acids is 1. The molecule has 0 saturated carbocycles. The number of nitrogens with zero attached hydrogens (tertiary/aromatic N) is 3. The molecule has 1 fully saturated rings. The van der Waals surface area contributed by atoms with Crippen molar-refractivity contribution in [3.05, 3.63) is 71.1 Å². The molecule has 1 aromatic heterocycles. The van der Waals surface area contributed by atoms with Crippen LogP contribution in [0.4, 0.5) is 0 Å². The fraction of sp³-hybridized carbons (Fsp3) is 0.318. The van der Waals surface area contributed by atoms with E-state index in [0.717, 1.165) is 44.0 Å². The molecular formula is C22H24N4O3. The van der Waals surface area contributed by atoms with Crippen molar-refractivity contribution in [2.75, 3.05) is 26.3 Å². The van der Waals surface area contributed by atoms with E-state index in [9.17, 15) is 4.79 Å². The van der Waals surface area contributed by atoms with Gasteiger partial charge in [-0.15, -0.1) is 0 Å². The molecule has 4 rings (SSSR count). The molecule has 7 nitrogen and oxygen atoms in total. The molecule has 0 spiro atoms. The molecule has 29 heavy (non-hydrogen) atoms. The number of carbonyl (C=O) groups is 1. The van der Waals surface area contributed by atoms with Crippen LogP contribution in [0.3, 0.4) is 0 Å². The second kappa shape index (κ2) is 8.98. The molecule has 0 unspecified atom stereocenters. The lowest BCUT2D eigenvalue weighted by molar-refractivity contribution is 0.0342. The Morgan fingerprint density at radius 3 is 2.72 bits per heavy atom. The van der Waals surface area contributed by atoms with Crippen molar-refractivity contribution in [3.63, 3.8) is 0 Å². The Labute approximate surface area is 169 Å². The molecule has 1 amide bonds. The Hall–Kier alpha value is -3.03. The van der Waals surface area contributed by atoms with Crippen LogP contribution < -0.4 is 5.32 Å². The van der Waals surface area contributed by atoms with Crippen LogP contribution in [0.15, 0.2) is 53.1 Å².